The third-order valence-corrected chi connectivity index (χ3v) is 3.66. The van der Waals surface area contributed by atoms with Crippen LogP contribution >= 0.6 is 0 Å². The zero-order valence-electron chi connectivity index (χ0n) is 11.0. The minimum atomic E-state index is -0.382. The Balaban J connectivity index is 1.98. The minimum absolute atomic E-state index is 0.108. The summed E-state index contributed by atoms with van der Waals surface area (Å²) in [6.07, 6.45) is 1.98. The van der Waals surface area contributed by atoms with Gasteiger partial charge in [-0.25, -0.2) is 0 Å². The number of nitrogens with zero attached hydrogens (tertiary/aromatic N) is 1. The van der Waals surface area contributed by atoms with E-state index in [-0.39, 0.29) is 17.7 Å². The summed E-state index contributed by atoms with van der Waals surface area (Å²) in [6.45, 7) is 2.07. The van der Waals surface area contributed by atoms with Crippen LogP contribution in [0.2, 0.25) is 0 Å². The zero-order chi connectivity index (χ0) is 13.2. The van der Waals surface area contributed by atoms with E-state index < -0.39 is 0 Å². The molecular weight excluding hydrogens is 226 g/mol. The lowest BCUT2D eigenvalue weighted by Crippen LogP contribution is -2.66. The van der Waals surface area contributed by atoms with E-state index in [1.165, 1.54) is 5.56 Å². The quantitative estimate of drug-likeness (QED) is 0.840. The normalized spacial score (nSPS) is 28.5. The highest BCUT2D eigenvalue weighted by atomic mass is 16.2. The SMILES string of the molecule is CN1C(=O)C[C@@](C)(CCc2ccccc2)NC1N. The molecule has 2 rings (SSSR count). The van der Waals surface area contributed by atoms with Crippen LogP contribution in [0.5, 0.6) is 0 Å². The Morgan fingerprint density at radius 2 is 2.11 bits per heavy atom. The van der Waals surface area contributed by atoms with Crippen molar-refractivity contribution in [2.45, 2.75) is 38.0 Å². The van der Waals surface area contributed by atoms with Crippen LogP contribution in [0.4, 0.5) is 0 Å². The van der Waals surface area contributed by atoms with Gasteiger partial charge in [-0.15, -0.1) is 0 Å². The largest absolute Gasteiger partial charge is 0.317 e. The van der Waals surface area contributed by atoms with Crippen molar-refractivity contribution in [2.24, 2.45) is 5.73 Å². The average molecular weight is 247 g/mol. The summed E-state index contributed by atoms with van der Waals surface area (Å²) in [5.74, 6) is 0.108. The second-order valence-corrected chi connectivity index (χ2v) is 5.32. The summed E-state index contributed by atoms with van der Waals surface area (Å²) < 4.78 is 0. The molecule has 2 atom stereocenters. The van der Waals surface area contributed by atoms with Gasteiger partial charge in [0.1, 0.15) is 6.29 Å². The van der Waals surface area contributed by atoms with Gasteiger partial charge in [0.15, 0.2) is 0 Å². The van der Waals surface area contributed by atoms with Crippen LogP contribution < -0.4 is 11.1 Å². The van der Waals surface area contributed by atoms with Crippen molar-refractivity contribution in [2.75, 3.05) is 7.05 Å². The predicted octanol–water partition coefficient (Wildman–Crippen LogP) is 1.07. The molecule has 4 nitrogen and oxygen atoms in total. The smallest absolute Gasteiger partial charge is 0.226 e. The van der Waals surface area contributed by atoms with Crippen molar-refractivity contribution in [3.05, 3.63) is 35.9 Å². The summed E-state index contributed by atoms with van der Waals surface area (Å²) in [5.41, 5.74) is 6.99. The van der Waals surface area contributed by atoms with Gasteiger partial charge in [0.2, 0.25) is 5.91 Å². The number of carbonyl (C=O) groups excluding carboxylic acids is 1. The summed E-state index contributed by atoms with van der Waals surface area (Å²) in [4.78, 5) is 13.4. The molecule has 1 aliphatic rings. The fourth-order valence-corrected chi connectivity index (χ4v) is 2.34. The first-order chi connectivity index (χ1) is 8.50. The number of amides is 1. The number of carbonyl (C=O) groups is 1. The third-order valence-electron chi connectivity index (χ3n) is 3.66. The van der Waals surface area contributed by atoms with Gasteiger partial charge < -0.3 is 4.90 Å². The van der Waals surface area contributed by atoms with Crippen molar-refractivity contribution in [3.8, 4) is 0 Å². The molecular formula is C14H21N3O. The van der Waals surface area contributed by atoms with Gasteiger partial charge in [0.25, 0.3) is 0 Å². The molecule has 0 spiro atoms. The molecule has 0 bridgehead atoms. The molecule has 0 radical (unpaired) electrons. The Bertz CT molecular complexity index is 420. The van der Waals surface area contributed by atoms with E-state index in [0.29, 0.717) is 6.42 Å². The van der Waals surface area contributed by atoms with Gasteiger partial charge in [0.05, 0.1) is 0 Å². The maximum absolute atomic E-state index is 11.8. The molecule has 1 aromatic carbocycles. The molecule has 1 saturated heterocycles. The second kappa shape index (κ2) is 5.08. The van der Waals surface area contributed by atoms with E-state index in [2.05, 4.69) is 24.4 Å². The molecule has 3 N–H and O–H groups in total. The van der Waals surface area contributed by atoms with Crippen LogP contribution in [-0.2, 0) is 11.2 Å². The fourth-order valence-electron chi connectivity index (χ4n) is 2.34. The number of aryl methyl sites for hydroxylation is 1. The zero-order valence-corrected chi connectivity index (χ0v) is 11.0. The van der Waals surface area contributed by atoms with Crippen LogP contribution in [0.25, 0.3) is 0 Å². The molecule has 4 heteroatoms. The van der Waals surface area contributed by atoms with Crippen molar-refractivity contribution in [3.63, 3.8) is 0 Å². The van der Waals surface area contributed by atoms with Gasteiger partial charge in [-0.3, -0.25) is 15.8 Å². The Labute approximate surface area is 108 Å². The molecule has 1 fully saturated rings. The monoisotopic (exact) mass is 247 g/mol. The highest BCUT2D eigenvalue weighted by Gasteiger charge is 2.36. The summed E-state index contributed by atoms with van der Waals surface area (Å²) in [5, 5.41) is 3.33. The van der Waals surface area contributed by atoms with Crippen LogP contribution in [-0.4, -0.2) is 29.7 Å². The maximum Gasteiger partial charge on any atom is 0.226 e. The molecule has 1 aliphatic heterocycles. The van der Waals surface area contributed by atoms with Crippen molar-refractivity contribution in [1.29, 1.82) is 0 Å². The highest BCUT2D eigenvalue weighted by Crippen LogP contribution is 2.23. The molecule has 1 heterocycles. The van der Waals surface area contributed by atoms with E-state index in [1.54, 1.807) is 11.9 Å². The first-order valence-electron chi connectivity index (χ1n) is 6.33. The van der Waals surface area contributed by atoms with E-state index >= 15 is 0 Å². The molecule has 18 heavy (non-hydrogen) atoms. The van der Waals surface area contributed by atoms with Crippen molar-refractivity contribution in [1.82, 2.24) is 10.2 Å². The first-order valence-corrected chi connectivity index (χ1v) is 6.33. The van der Waals surface area contributed by atoms with Gasteiger partial charge in [-0.1, -0.05) is 30.3 Å². The van der Waals surface area contributed by atoms with Crippen molar-refractivity contribution < 1.29 is 4.79 Å². The van der Waals surface area contributed by atoms with Crippen LogP contribution in [0, 0.1) is 0 Å². The Morgan fingerprint density at radius 1 is 1.44 bits per heavy atom. The predicted molar refractivity (Wildman–Crippen MR) is 71.7 cm³/mol. The Hall–Kier alpha value is -1.39. The van der Waals surface area contributed by atoms with Crippen LogP contribution in [0.15, 0.2) is 30.3 Å². The van der Waals surface area contributed by atoms with Gasteiger partial charge >= 0.3 is 0 Å². The van der Waals surface area contributed by atoms with Gasteiger partial charge in [0, 0.05) is 19.0 Å². The minimum Gasteiger partial charge on any atom is -0.317 e. The lowest BCUT2D eigenvalue weighted by atomic mass is 9.88. The Morgan fingerprint density at radius 3 is 2.72 bits per heavy atom. The van der Waals surface area contributed by atoms with Crippen LogP contribution in [0.3, 0.4) is 0 Å². The Kier molecular flexibility index (Phi) is 3.68. The average Bonchev–Trinajstić information content (AvgIpc) is 2.35. The lowest BCUT2D eigenvalue weighted by molar-refractivity contribution is -0.139. The highest BCUT2D eigenvalue weighted by molar-refractivity contribution is 5.78. The standard InChI is InChI=1S/C14H21N3O/c1-14(9-8-11-6-4-3-5-7-11)10-12(18)17(2)13(15)16-14/h3-7,13,16H,8-10,15H2,1-2H3/t13?,14-/m1/s1. The van der Waals surface area contributed by atoms with E-state index in [9.17, 15) is 4.79 Å². The van der Waals surface area contributed by atoms with Crippen LogP contribution in [0.1, 0.15) is 25.3 Å². The molecule has 0 saturated carbocycles. The number of hydrogen-bond acceptors (Lipinski definition) is 3. The number of nitrogens with two attached hydrogens (primary N) is 1. The first kappa shape index (κ1) is 13.1. The van der Waals surface area contributed by atoms with Crippen molar-refractivity contribution >= 4 is 5.91 Å². The number of benzene rings is 1. The topological polar surface area (TPSA) is 58.4 Å². The van der Waals surface area contributed by atoms with E-state index in [0.717, 1.165) is 12.8 Å². The summed E-state index contributed by atoms with van der Waals surface area (Å²) in [6, 6.07) is 10.3. The molecule has 1 amide bonds. The van der Waals surface area contributed by atoms with Gasteiger partial charge in [-0.05, 0) is 25.3 Å². The molecule has 98 valence electrons. The number of hydrogen-bond donors (Lipinski definition) is 2. The molecule has 1 unspecified atom stereocenters. The lowest BCUT2D eigenvalue weighted by Gasteiger charge is -2.42. The molecule has 1 aromatic rings. The molecule has 0 aliphatic carbocycles. The van der Waals surface area contributed by atoms with E-state index in [4.69, 9.17) is 5.73 Å². The molecule has 0 aromatic heterocycles. The number of nitrogens with one attached hydrogen (secondary N) is 1. The number of rotatable bonds is 3. The summed E-state index contributed by atoms with van der Waals surface area (Å²) in [7, 11) is 1.73. The summed E-state index contributed by atoms with van der Waals surface area (Å²) >= 11 is 0. The third kappa shape index (κ3) is 2.89. The second-order valence-electron chi connectivity index (χ2n) is 5.32. The van der Waals surface area contributed by atoms with E-state index in [1.807, 2.05) is 18.2 Å². The van der Waals surface area contributed by atoms with Gasteiger partial charge in [-0.2, -0.15) is 0 Å². The fraction of sp³-hybridized carbons (Fsp3) is 0.500. The maximum atomic E-state index is 11.8.